The molecule has 1 heterocycles. The Hall–Kier alpha value is -2.70. The van der Waals surface area contributed by atoms with E-state index >= 15 is 0 Å². The van der Waals surface area contributed by atoms with Gasteiger partial charge in [-0.2, -0.15) is 0 Å². The lowest BCUT2D eigenvalue weighted by molar-refractivity contribution is 0.414. The molecule has 3 aromatic carbocycles. The van der Waals surface area contributed by atoms with Gasteiger partial charge in [0, 0.05) is 16.3 Å². The second-order valence-corrected chi connectivity index (χ2v) is 10.0. The summed E-state index contributed by atoms with van der Waals surface area (Å²) in [5, 5.41) is 0. The maximum absolute atomic E-state index is 11.7. The molecular weight excluding hydrogens is 414 g/mol. The van der Waals surface area contributed by atoms with Crippen molar-refractivity contribution in [2.75, 3.05) is 18.1 Å². The second-order valence-electron chi connectivity index (χ2n) is 7.26. The highest BCUT2D eigenvalue weighted by Crippen LogP contribution is 2.44. The van der Waals surface area contributed by atoms with Crippen LogP contribution < -0.4 is 9.46 Å². The molecule has 0 saturated heterocycles. The topological polar surface area (TPSA) is 55.4 Å². The van der Waals surface area contributed by atoms with E-state index in [0.29, 0.717) is 5.69 Å². The van der Waals surface area contributed by atoms with Crippen LogP contribution in [-0.2, 0) is 15.8 Å². The van der Waals surface area contributed by atoms with Gasteiger partial charge in [-0.05, 0) is 70.7 Å². The number of sulfonamides is 1. The number of rotatable bonds is 4. The summed E-state index contributed by atoms with van der Waals surface area (Å²) in [6.45, 7) is 2.09. The number of thioether (sulfide) groups is 1. The maximum atomic E-state index is 11.7. The summed E-state index contributed by atoms with van der Waals surface area (Å²) in [6, 6.07) is 22.2. The number of anilines is 1. The van der Waals surface area contributed by atoms with E-state index in [9.17, 15) is 8.42 Å². The zero-order valence-corrected chi connectivity index (χ0v) is 18.7. The Morgan fingerprint density at radius 3 is 2.57 bits per heavy atom. The van der Waals surface area contributed by atoms with Gasteiger partial charge in [0.05, 0.1) is 13.4 Å². The molecule has 0 spiro atoms. The summed E-state index contributed by atoms with van der Waals surface area (Å²) in [5.41, 5.74) is 7.36. The lowest BCUT2D eigenvalue weighted by Crippen LogP contribution is -2.09. The van der Waals surface area contributed by atoms with Crippen LogP contribution in [0.2, 0.25) is 0 Å². The quantitative estimate of drug-likeness (QED) is 0.573. The molecule has 0 unspecified atom stereocenters. The van der Waals surface area contributed by atoms with Crippen LogP contribution in [0.4, 0.5) is 5.69 Å². The van der Waals surface area contributed by atoms with Crippen molar-refractivity contribution >= 4 is 38.6 Å². The molecule has 1 N–H and O–H groups in total. The Morgan fingerprint density at radius 1 is 1.00 bits per heavy atom. The van der Waals surface area contributed by atoms with Gasteiger partial charge in [-0.25, -0.2) is 8.42 Å². The number of allylic oxidation sites excluding steroid dienone is 1. The average Bonchev–Trinajstić information content (AvgIpc) is 2.88. The Kier molecular flexibility index (Phi) is 5.62. The van der Waals surface area contributed by atoms with E-state index in [1.807, 2.05) is 36.0 Å². The van der Waals surface area contributed by atoms with Crippen LogP contribution >= 0.6 is 11.8 Å². The molecule has 0 saturated carbocycles. The molecule has 3 aromatic rings. The van der Waals surface area contributed by atoms with Crippen LogP contribution in [0.3, 0.4) is 0 Å². The van der Waals surface area contributed by atoms with Crippen molar-refractivity contribution in [1.29, 1.82) is 0 Å². The summed E-state index contributed by atoms with van der Waals surface area (Å²) in [5.74, 6) is 1.70. The molecule has 0 aliphatic carbocycles. The van der Waals surface area contributed by atoms with Crippen molar-refractivity contribution in [3.05, 3.63) is 89.0 Å². The zero-order chi connectivity index (χ0) is 21.3. The number of nitrogens with one attached hydrogen (secondary N) is 1. The van der Waals surface area contributed by atoms with Gasteiger partial charge in [0.15, 0.2) is 0 Å². The maximum Gasteiger partial charge on any atom is 0.229 e. The Morgan fingerprint density at radius 2 is 1.80 bits per heavy atom. The van der Waals surface area contributed by atoms with E-state index in [4.69, 9.17) is 4.74 Å². The Labute approximate surface area is 182 Å². The fraction of sp³-hybridized carbons (Fsp3) is 0.167. The first-order chi connectivity index (χ1) is 14.4. The van der Waals surface area contributed by atoms with Crippen LogP contribution in [0.1, 0.15) is 29.2 Å². The van der Waals surface area contributed by atoms with Crippen molar-refractivity contribution in [3.63, 3.8) is 0 Å². The molecule has 0 bridgehead atoms. The fourth-order valence-corrected chi connectivity index (χ4v) is 5.34. The summed E-state index contributed by atoms with van der Waals surface area (Å²) >= 11 is 1.82. The minimum Gasteiger partial charge on any atom is -0.497 e. The number of methoxy groups -OCH3 is 1. The van der Waals surface area contributed by atoms with Crippen molar-refractivity contribution < 1.29 is 13.2 Å². The van der Waals surface area contributed by atoms with E-state index < -0.39 is 10.0 Å². The van der Waals surface area contributed by atoms with E-state index in [1.165, 1.54) is 21.6 Å². The first-order valence-electron chi connectivity index (χ1n) is 9.54. The minimum absolute atomic E-state index is 0.557. The number of hydrogen-bond acceptors (Lipinski definition) is 4. The van der Waals surface area contributed by atoms with Gasteiger partial charge < -0.3 is 4.74 Å². The smallest absolute Gasteiger partial charge is 0.229 e. The molecule has 0 atom stereocenters. The lowest BCUT2D eigenvalue weighted by atomic mass is 9.88. The largest absolute Gasteiger partial charge is 0.497 e. The third-order valence-corrected chi connectivity index (χ3v) is 6.82. The summed E-state index contributed by atoms with van der Waals surface area (Å²) in [7, 11) is -1.66. The van der Waals surface area contributed by atoms with Crippen LogP contribution in [0.15, 0.2) is 71.6 Å². The van der Waals surface area contributed by atoms with Gasteiger partial charge in [-0.3, -0.25) is 4.72 Å². The van der Waals surface area contributed by atoms with Crippen LogP contribution in [0.25, 0.3) is 11.1 Å². The normalized spacial score (nSPS) is 14.9. The van der Waals surface area contributed by atoms with Crippen LogP contribution in [0, 0.1) is 0 Å². The van der Waals surface area contributed by atoms with Crippen molar-refractivity contribution in [2.45, 2.75) is 17.6 Å². The van der Waals surface area contributed by atoms with E-state index in [2.05, 4.69) is 48.0 Å². The fourth-order valence-electron chi connectivity index (χ4n) is 3.74. The lowest BCUT2D eigenvalue weighted by Gasteiger charge is -2.17. The zero-order valence-electron chi connectivity index (χ0n) is 17.1. The predicted molar refractivity (Wildman–Crippen MR) is 125 cm³/mol. The molecule has 4 rings (SSSR count). The number of benzene rings is 3. The molecule has 1 aliphatic rings. The van der Waals surface area contributed by atoms with Gasteiger partial charge in [0.25, 0.3) is 0 Å². The predicted octanol–water partition coefficient (Wildman–Crippen LogP) is 5.65. The number of hydrogen-bond donors (Lipinski definition) is 1. The summed E-state index contributed by atoms with van der Waals surface area (Å²) < 4.78 is 31.4. The molecular formula is C24H23NO3S2. The SMILES string of the molecule is COc1ccc2c(c1)CSc1ccccc1/C2=C(\C)c1cccc(NS(C)(=O)=O)c1. The standard InChI is InChI=1S/C24H23NO3S2/c1-16(17-7-6-8-19(13-17)25-30(3,26)27)24-21-12-11-20(28-2)14-18(21)15-29-23-10-5-4-9-22(23)24/h4-14,25H,15H2,1-3H3/b24-16+. The number of ether oxygens (including phenoxy) is 1. The van der Waals surface area contributed by atoms with E-state index in [1.54, 1.807) is 13.2 Å². The van der Waals surface area contributed by atoms with Gasteiger partial charge in [-0.15, -0.1) is 11.8 Å². The van der Waals surface area contributed by atoms with Crippen molar-refractivity contribution in [3.8, 4) is 5.75 Å². The monoisotopic (exact) mass is 437 g/mol. The third-order valence-electron chi connectivity index (χ3n) is 5.10. The highest BCUT2D eigenvalue weighted by atomic mass is 32.2. The highest BCUT2D eigenvalue weighted by Gasteiger charge is 2.21. The molecule has 0 radical (unpaired) electrons. The second kappa shape index (κ2) is 8.20. The van der Waals surface area contributed by atoms with Gasteiger partial charge >= 0.3 is 0 Å². The first kappa shape index (κ1) is 20.6. The molecule has 6 heteroatoms. The highest BCUT2D eigenvalue weighted by molar-refractivity contribution is 7.98. The van der Waals surface area contributed by atoms with Gasteiger partial charge in [0.1, 0.15) is 5.75 Å². The Bertz CT molecular complexity index is 1250. The molecule has 0 fully saturated rings. The molecule has 4 nitrogen and oxygen atoms in total. The molecule has 30 heavy (non-hydrogen) atoms. The average molecular weight is 438 g/mol. The van der Waals surface area contributed by atoms with Crippen LogP contribution in [-0.4, -0.2) is 21.8 Å². The van der Waals surface area contributed by atoms with Crippen molar-refractivity contribution in [1.82, 2.24) is 0 Å². The molecule has 0 amide bonds. The minimum atomic E-state index is -3.34. The van der Waals surface area contributed by atoms with Gasteiger partial charge in [0.2, 0.25) is 10.0 Å². The van der Waals surface area contributed by atoms with Crippen LogP contribution in [0.5, 0.6) is 5.75 Å². The van der Waals surface area contributed by atoms with E-state index in [0.717, 1.165) is 34.5 Å². The van der Waals surface area contributed by atoms with E-state index in [-0.39, 0.29) is 0 Å². The molecule has 1 aliphatic heterocycles. The molecule has 0 aromatic heterocycles. The van der Waals surface area contributed by atoms with Crippen molar-refractivity contribution in [2.24, 2.45) is 0 Å². The van der Waals surface area contributed by atoms with Gasteiger partial charge in [-0.1, -0.05) is 36.4 Å². The third kappa shape index (κ3) is 4.25. The summed E-state index contributed by atoms with van der Waals surface area (Å²) in [6.07, 6.45) is 1.16. The first-order valence-corrected chi connectivity index (χ1v) is 12.4. The number of fused-ring (bicyclic) bond motifs is 2. The Balaban J connectivity index is 1.94. The summed E-state index contributed by atoms with van der Waals surface area (Å²) in [4.78, 5) is 1.23. The molecule has 154 valence electrons.